The quantitative estimate of drug-likeness (QED) is 0.480. The highest BCUT2D eigenvalue weighted by Crippen LogP contribution is 2.27. The molecule has 0 aromatic heterocycles. The van der Waals surface area contributed by atoms with Crippen LogP contribution in [-0.4, -0.2) is 16.7 Å². The van der Waals surface area contributed by atoms with Gasteiger partial charge in [-0.15, -0.1) is 0 Å². The van der Waals surface area contributed by atoms with Gasteiger partial charge in [0.15, 0.2) is 0 Å². The number of anilines is 2. The van der Waals surface area contributed by atoms with Gasteiger partial charge >= 0.3 is 0 Å². The summed E-state index contributed by atoms with van der Waals surface area (Å²) in [5.41, 5.74) is 1.11. The van der Waals surface area contributed by atoms with Gasteiger partial charge in [-0.1, -0.05) is 35.9 Å². The molecule has 28 heavy (non-hydrogen) atoms. The van der Waals surface area contributed by atoms with Crippen LogP contribution < -0.4 is 10.6 Å². The number of nitrogens with zero attached hydrogens (tertiary/aromatic N) is 1. The van der Waals surface area contributed by atoms with Gasteiger partial charge in [0.25, 0.3) is 17.5 Å². The van der Waals surface area contributed by atoms with Gasteiger partial charge < -0.3 is 10.6 Å². The largest absolute Gasteiger partial charge is 0.322 e. The normalized spacial score (nSPS) is 10.2. The fraction of sp³-hybridized carbons (Fsp3) is 0. The Labute approximate surface area is 165 Å². The first-order valence-electron chi connectivity index (χ1n) is 8.16. The average molecular weight is 396 g/mol. The molecule has 7 nitrogen and oxygen atoms in total. The summed E-state index contributed by atoms with van der Waals surface area (Å²) in [7, 11) is 0. The van der Waals surface area contributed by atoms with Crippen molar-refractivity contribution < 1.29 is 14.5 Å². The number of amides is 2. The van der Waals surface area contributed by atoms with Gasteiger partial charge in [-0.3, -0.25) is 19.7 Å². The summed E-state index contributed by atoms with van der Waals surface area (Å²) in [6, 6.07) is 18.8. The summed E-state index contributed by atoms with van der Waals surface area (Å²) < 4.78 is 0. The number of non-ortho nitro benzene ring substituents is 1. The van der Waals surface area contributed by atoms with Gasteiger partial charge in [0.05, 0.1) is 15.6 Å². The molecule has 8 heteroatoms. The van der Waals surface area contributed by atoms with Crippen molar-refractivity contribution in [2.75, 3.05) is 10.6 Å². The maximum absolute atomic E-state index is 12.5. The molecule has 0 aliphatic rings. The molecule has 0 heterocycles. The van der Waals surface area contributed by atoms with Crippen LogP contribution in [0, 0.1) is 10.1 Å². The van der Waals surface area contributed by atoms with Gasteiger partial charge in [-0.2, -0.15) is 0 Å². The van der Waals surface area contributed by atoms with E-state index >= 15 is 0 Å². The van der Waals surface area contributed by atoms with Crippen molar-refractivity contribution in [2.24, 2.45) is 0 Å². The summed E-state index contributed by atoms with van der Waals surface area (Å²) in [5, 5.41) is 16.3. The highest BCUT2D eigenvalue weighted by Gasteiger charge is 2.14. The lowest BCUT2D eigenvalue weighted by molar-refractivity contribution is -0.384. The Balaban J connectivity index is 1.77. The first kappa shape index (κ1) is 19.1. The number of benzene rings is 3. The van der Waals surface area contributed by atoms with Gasteiger partial charge in [0.1, 0.15) is 0 Å². The topological polar surface area (TPSA) is 101 Å². The molecule has 140 valence electrons. The van der Waals surface area contributed by atoms with Crippen molar-refractivity contribution in [3.8, 4) is 0 Å². The molecule has 0 saturated heterocycles. The fourth-order valence-corrected chi connectivity index (χ4v) is 2.61. The van der Waals surface area contributed by atoms with Crippen molar-refractivity contribution in [2.45, 2.75) is 0 Å². The third kappa shape index (κ3) is 4.52. The molecule has 2 N–H and O–H groups in total. The van der Waals surface area contributed by atoms with Crippen molar-refractivity contribution in [1.29, 1.82) is 0 Å². The predicted octanol–water partition coefficient (Wildman–Crippen LogP) is 4.75. The van der Waals surface area contributed by atoms with E-state index in [9.17, 15) is 19.7 Å². The molecule has 0 unspecified atom stereocenters. The summed E-state index contributed by atoms with van der Waals surface area (Å²) in [5.74, 6) is -0.821. The summed E-state index contributed by atoms with van der Waals surface area (Å²) >= 11 is 6.01. The minimum absolute atomic E-state index is 0.125. The van der Waals surface area contributed by atoms with Crippen molar-refractivity contribution in [3.63, 3.8) is 0 Å². The Morgan fingerprint density at radius 3 is 2.21 bits per heavy atom. The van der Waals surface area contributed by atoms with Crippen LogP contribution in [0.25, 0.3) is 0 Å². The van der Waals surface area contributed by atoms with Gasteiger partial charge in [-0.25, -0.2) is 0 Å². The van der Waals surface area contributed by atoms with E-state index in [1.165, 1.54) is 24.3 Å². The van der Waals surface area contributed by atoms with Crippen LogP contribution in [0.1, 0.15) is 20.7 Å². The summed E-state index contributed by atoms with van der Waals surface area (Å²) in [4.78, 5) is 35.1. The molecule has 0 bridgehead atoms. The molecular formula is C20H14ClN3O4. The number of hydrogen-bond acceptors (Lipinski definition) is 4. The molecule has 0 saturated carbocycles. The zero-order chi connectivity index (χ0) is 20.1. The van der Waals surface area contributed by atoms with Crippen LogP contribution in [-0.2, 0) is 0 Å². The number of halogens is 1. The molecular weight excluding hydrogens is 382 g/mol. The molecule has 0 aliphatic carbocycles. The molecule has 2 amide bonds. The van der Waals surface area contributed by atoms with E-state index in [-0.39, 0.29) is 27.9 Å². The molecule has 0 atom stereocenters. The van der Waals surface area contributed by atoms with Crippen LogP contribution in [0.5, 0.6) is 0 Å². The average Bonchev–Trinajstić information content (AvgIpc) is 2.70. The van der Waals surface area contributed by atoms with Crippen LogP contribution in [0.4, 0.5) is 17.1 Å². The molecule has 3 aromatic rings. The number of nitro groups is 1. The first-order valence-corrected chi connectivity index (χ1v) is 8.53. The van der Waals surface area contributed by atoms with Crippen molar-refractivity contribution >= 4 is 40.5 Å². The maximum atomic E-state index is 12.5. The summed E-state index contributed by atoms with van der Waals surface area (Å²) in [6.45, 7) is 0. The lowest BCUT2D eigenvalue weighted by Crippen LogP contribution is -2.15. The lowest BCUT2D eigenvalue weighted by atomic mass is 10.1. The number of carbonyl (C=O) groups excluding carboxylic acids is 2. The molecule has 3 aromatic carbocycles. The lowest BCUT2D eigenvalue weighted by Gasteiger charge is -2.09. The van der Waals surface area contributed by atoms with E-state index in [4.69, 9.17) is 11.6 Å². The molecule has 0 fully saturated rings. The van der Waals surface area contributed by atoms with Crippen molar-refractivity contribution in [3.05, 3.63) is 99.1 Å². The Morgan fingerprint density at radius 1 is 0.821 bits per heavy atom. The SMILES string of the molecule is O=C(Nc1cccc(C(=O)Nc2cc([N+](=O)[O-])ccc2Cl)c1)c1ccccc1. The summed E-state index contributed by atoms with van der Waals surface area (Å²) in [6.07, 6.45) is 0. The second-order valence-corrected chi connectivity index (χ2v) is 6.18. The second-order valence-electron chi connectivity index (χ2n) is 5.78. The Morgan fingerprint density at radius 2 is 1.50 bits per heavy atom. The molecule has 3 rings (SSSR count). The van der Waals surface area contributed by atoms with E-state index in [0.29, 0.717) is 11.3 Å². The molecule has 0 radical (unpaired) electrons. The Kier molecular flexibility index (Phi) is 5.67. The van der Waals surface area contributed by atoms with E-state index in [2.05, 4.69) is 10.6 Å². The van der Waals surface area contributed by atoms with E-state index in [1.807, 2.05) is 0 Å². The number of hydrogen-bond donors (Lipinski definition) is 2. The zero-order valence-corrected chi connectivity index (χ0v) is 15.1. The number of nitrogens with one attached hydrogen (secondary N) is 2. The van der Waals surface area contributed by atoms with Gasteiger partial charge in [-0.05, 0) is 36.4 Å². The van der Waals surface area contributed by atoms with E-state index in [1.54, 1.807) is 48.5 Å². The van der Waals surface area contributed by atoms with Gasteiger partial charge in [0.2, 0.25) is 0 Å². The van der Waals surface area contributed by atoms with Crippen LogP contribution in [0.15, 0.2) is 72.8 Å². The minimum Gasteiger partial charge on any atom is -0.322 e. The van der Waals surface area contributed by atoms with Gasteiger partial charge in [0, 0.05) is 28.9 Å². The Bertz CT molecular complexity index is 1050. The van der Waals surface area contributed by atoms with Crippen LogP contribution >= 0.6 is 11.6 Å². The third-order valence-corrected chi connectivity index (χ3v) is 4.16. The second kappa shape index (κ2) is 8.32. The predicted molar refractivity (Wildman–Crippen MR) is 107 cm³/mol. The minimum atomic E-state index is -0.578. The molecule has 0 aliphatic heterocycles. The fourth-order valence-electron chi connectivity index (χ4n) is 2.45. The Hall–Kier alpha value is -3.71. The number of rotatable bonds is 5. The number of nitro benzene ring substituents is 1. The highest BCUT2D eigenvalue weighted by molar-refractivity contribution is 6.34. The molecule has 0 spiro atoms. The van der Waals surface area contributed by atoms with Crippen LogP contribution in [0.3, 0.4) is 0 Å². The standard InChI is InChI=1S/C20H14ClN3O4/c21-17-10-9-16(24(27)28)12-18(17)23-20(26)14-7-4-8-15(11-14)22-19(25)13-5-2-1-3-6-13/h1-12H,(H,22,25)(H,23,26). The van der Waals surface area contributed by atoms with Crippen LogP contribution in [0.2, 0.25) is 5.02 Å². The smallest absolute Gasteiger partial charge is 0.271 e. The maximum Gasteiger partial charge on any atom is 0.271 e. The monoisotopic (exact) mass is 395 g/mol. The van der Waals surface area contributed by atoms with E-state index in [0.717, 1.165) is 0 Å². The zero-order valence-electron chi connectivity index (χ0n) is 14.4. The number of carbonyl (C=O) groups is 2. The highest BCUT2D eigenvalue weighted by atomic mass is 35.5. The van der Waals surface area contributed by atoms with E-state index < -0.39 is 10.8 Å². The third-order valence-electron chi connectivity index (χ3n) is 3.83. The first-order chi connectivity index (χ1) is 13.4. The van der Waals surface area contributed by atoms with Crippen molar-refractivity contribution in [1.82, 2.24) is 0 Å².